The van der Waals surface area contributed by atoms with Crippen molar-refractivity contribution in [1.82, 2.24) is 4.90 Å². The highest BCUT2D eigenvalue weighted by Crippen LogP contribution is 2.18. The third kappa shape index (κ3) is 3.01. The average Bonchev–Trinajstić information content (AvgIpc) is 2.41. The lowest BCUT2D eigenvalue weighted by Crippen LogP contribution is -2.41. The van der Waals surface area contributed by atoms with Gasteiger partial charge in [-0.1, -0.05) is 18.2 Å². The second kappa shape index (κ2) is 5.87. The van der Waals surface area contributed by atoms with E-state index < -0.39 is 0 Å². The van der Waals surface area contributed by atoms with Crippen molar-refractivity contribution in [3.05, 3.63) is 29.8 Å². The van der Waals surface area contributed by atoms with Crippen LogP contribution in [0, 0.1) is 5.92 Å². The van der Waals surface area contributed by atoms with E-state index in [4.69, 9.17) is 10.8 Å². The van der Waals surface area contributed by atoms with Crippen LogP contribution in [0.1, 0.15) is 18.4 Å². The Bertz CT molecular complexity index is 420. The van der Waals surface area contributed by atoms with Gasteiger partial charge in [0.2, 0.25) is 5.91 Å². The van der Waals surface area contributed by atoms with Gasteiger partial charge in [0.15, 0.2) is 0 Å². The molecular formula is C14H20N2O2. The molecule has 1 aliphatic rings. The van der Waals surface area contributed by atoms with Gasteiger partial charge < -0.3 is 15.7 Å². The van der Waals surface area contributed by atoms with Crippen molar-refractivity contribution in [2.45, 2.75) is 19.3 Å². The fourth-order valence-electron chi connectivity index (χ4n) is 2.41. The number of anilines is 1. The van der Waals surface area contributed by atoms with E-state index in [1.807, 2.05) is 29.2 Å². The maximum atomic E-state index is 12.2. The van der Waals surface area contributed by atoms with Crippen LogP contribution in [0.3, 0.4) is 0 Å². The number of likely N-dealkylation sites (tertiary alicyclic amines) is 1. The fourth-order valence-corrected chi connectivity index (χ4v) is 2.41. The molecular weight excluding hydrogens is 228 g/mol. The van der Waals surface area contributed by atoms with E-state index in [-0.39, 0.29) is 18.4 Å². The summed E-state index contributed by atoms with van der Waals surface area (Å²) in [4.78, 5) is 14.0. The number of nitrogen functional groups attached to an aromatic ring is 1. The summed E-state index contributed by atoms with van der Waals surface area (Å²) in [6.07, 6.45) is 2.33. The lowest BCUT2D eigenvalue weighted by atomic mass is 9.98. The summed E-state index contributed by atoms with van der Waals surface area (Å²) in [7, 11) is 0. The number of hydrogen-bond donors (Lipinski definition) is 2. The van der Waals surface area contributed by atoms with Crippen molar-refractivity contribution >= 4 is 11.6 Å². The van der Waals surface area contributed by atoms with Gasteiger partial charge in [-0.2, -0.15) is 0 Å². The third-order valence-corrected chi connectivity index (χ3v) is 3.53. The van der Waals surface area contributed by atoms with Gasteiger partial charge in [-0.3, -0.25) is 4.79 Å². The second-order valence-corrected chi connectivity index (χ2v) is 4.91. The molecule has 18 heavy (non-hydrogen) atoms. The van der Waals surface area contributed by atoms with Gasteiger partial charge >= 0.3 is 0 Å². The molecule has 0 bridgehead atoms. The van der Waals surface area contributed by atoms with Crippen LogP contribution in [0.15, 0.2) is 24.3 Å². The van der Waals surface area contributed by atoms with Gasteiger partial charge in [0.1, 0.15) is 0 Å². The summed E-state index contributed by atoms with van der Waals surface area (Å²) >= 11 is 0. The predicted octanol–water partition coefficient (Wildman–Crippen LogP) is 1.04. The minimum Gasteiger partial charge on any atom is -0.398 e. The normalized spacial score (nSPS) is 19.8. The number of aliphatic hydroxyl groups is 1. The Kier molecular flexibility index (Phi) is 4.20. The maximum absolute atomic E-state index is 12.2. The zero-order valence-corrected chi connectivity index (χ0v) is 10.5. The SMILES string of the molecule is Nc1ccccc1CC(=O)N1CCCC(CO)C1. The van der Waals surface area contributed by atoms with E-state index in [0.29, 0.717) is 18.7 Å². The Hall–Kier alpha value is -1.55. The Labute approximate surface area is 107 Å². The number of rotatable bonds is 3. The minimum absolute atomic E-state index is 0.103. The number of piperidine rings is 1. The van der Waals surface area contributed by atoms with Gasteiger partial charge in [0, 0.05) is 25.4 Å². The molecule has 4 heteroatoms. The molecule has 1 aromatic carbocycles. The minimum atomic E-state index is 0.103. The zero-order valence-electron chi connectivity index (χ0n) is 10.5. The highest BCUT2D eigenvalue weighted by atomic mass is 16.3. The van der Waals surface area contributed by atoms with Crippen LogP contribution in [-0.4, -0.2) is 35.6 Å². The van der Waals surface area contributed by atoms with Crippen LogP contribution in [0.4, 0.5) is 5.69 Å². The molecule has 1 aromatic rings. The van der Waals surface area contributed by atoms with Crippen molar-refractivity contribution in [2.24, 2.45) is 5.92 Å². The molecule has 0 radical (unpaired) electrons. The van der Waals surface area contributed by atoms with Crippen molar-refractivity contribution in [2.75, 3.05) is 25.4 Å². The molecule has 4 nitrogen and oxygen atoms in total. The largest absolute Gasteiger partial charge is 0.398 e. The second-order valence-electron chi connectivity index (χ2n) is 4.91. The summed E-state index contributed by atoms with van der Waals surface area (Å²) in [5, 5.41) is 9.17. The molecule has 3 N–H and O–H groups in total. The summed E-state index contributed by atoms with van der Waals surface area (Å²) < 4.78 is 0. The first-order chi connectivity index (χ1) is 8.70. The smallest absolute Gasteiger partial charge is 0.227 e. The quantitative estimate of drug-likeness (QED) is 0.785. The number of aliphatic hydroxyl groups excluding tert-OH is 1. The van der Waals surface area contributed by atoms with Gasteiger partial charge in [0.05, 0.1) is 6.42 Å². The molecule has 98 valence electrons. The van der Waals surface area contributed by atoms with E-state index >= 15 is 0 Å². The zero-order chi connectivity index (χ0) is 13.0. The molecule has 0 spiro atoms. The molecule has 1 aliphatic heterocycles. The van der Waals surface area contributed by atoms with E-state index in [1.165, 1.54) is 0 Å². The number of nitrogens with two attached hydrogens (primary N) is 1. The molecule has 1 saturated heterocycles. The predicted molar refractivity (Wildman–Crippen MR) is 70.9 cm³/mol. The van der Waals surface area contributed by atoms with Crippen molar-refractivity contribution < 1.29 is 9.90 Å². The van der Waals surface area contributed by atoms with Crippen LogP contribution in [0.25, 0.3) is 0 Å². The number of carbonyl (C=O) groups is 1. The number of benzene rings is 1. The summed E-state index contributed by atoms with van der Waals surface area (Å²) in [5.74, 6) is 0.335. The first kappa shape index (κ1) is 12.9. The number of hydrogen-bond acceptors (Lipinski definition) is 3. The van der Waals surface area contributed by atoms with E-state index in [2.05, 4.69) is 0 Å². The van der Waals surface area contributed by atoms with E-state index in [0.717, 1.165) is 24.9 Å². The lowest BCUT2D eigenvalue weighted by molar-refractivity contribution is -0.132. The molecule has 2 rings (SSSR count). The van der Waals surface area contributed by atoms with Crippen LogP contribution >= 0.6 is 0 Å². The Morgan fingerprint density at radius 2 is 2.22 bits per heavy atom. The molecule has 1 amide bonds. The molecule has 1 fully saturated rings. The van der Waals surface area contributed by atoms with Crippen molar-refractivity contribution in [3.8, 4) is 0 Å². The molecule has 1 atom stereocenters. The van der Waals surface area contributed by atoms with E-state index in [1.54, 1.807) is 0 Å². The number of para-hydroxylation sites is 1. The van der Waals surface area contributed by atoms with E-state index in [9.17, 15) is 4.79 Å². The molecule has 0 saturated carbocycles. The molecule has 0 aliphatic carbocycles. The van der Waals surface area contributed by atoms with Crippen LogP contribution in [0.2, 0.25) is 0 Å². The van der Waals surface area contributed by atoms with Gasteiger partial charge in [-0.05, 0) is 30.4 Å². The first-order valence-electron chi connectivity index (χ1n) is 6.42. The van der Waals surface area contributed by atoms with Gasteiger partial charge in [-0.25, -0.2) is 0 Å². The Morgan fingerprint density at radius 3 is 2.94 bits per heavy atom. The highest BCUT2D eigenvalue weighted by molar-refractivity contribution is 5.80. The number of amides is 1. The number of nitrogens with zero attached hydrogens (tertiary/aromatic N) is 1. The summed E-state index contributed by atoms with van der Waals surface area (Å²) in [6, 6.07) is 7.47. The molecule has 1 heterocycles. The molecule has 1 unspecified atom stereocenters. The lowest BCUT2D eigenvalue weighted by Gasteiger charge is -2.32. The summed E-state index contributed by atoms with van der Waals surface area (Å²) in [5.41, 5.74) is 7.39. The fraction of sp³-hybridized carbons (Fsp3) is 0.500. The Morgan fingerprint density at radius 1 is 1.44 bits per heavy atom. The third-order valence-electron chi connectivity index (χ3n) is 3.53. The molecule has 0 aromatic heterocycles. The highest BCUT2D eigenvalue weighted by Gasteiger charge is 2.23. The van der Waals surface area contributed by atoms with Gasteiger partial charge in [0.25, 0.3) is 0 Å². The standard InChI is InChI=1S/C14H20N2O2/c15-13-6-2-1-5-12(13)8-14(18)16-7-3-4-11(9-16)10-17/h1-2,5-6,11,17H,3-4,7-10,15H2. The Balaban J connectivity index is 1.97. The maximum Gasteiger partial charge on any atom is 0.227 e. The first-order valence-corrected chi connectivity index (χ1v) is 6.42. The van der Waals surface area contributed by atoms with Crippen LogP contribution in [-0.2, 0) is 11.2 Å². The number of carbonyl (C=O) groups excluding carboxylic acids is 1. The summed E-state index contributed by atoms with van der Waals surface area (Å²) in [6.45, 7) is 1.63. The topological polar surface area (TPSA) is 66.6 Å². The van der Waals surface area contributed by atoms with Crippen LogP contribution < -0.4 is 5.73 Å². The average molecular weight is 248 g/mol. The van der Waals surface area contributed by atoms with Gasteiger partial charge in [-0.15, -0.1) is 0 Å². The van der Waals surface area contributed by atoms with Crippen molar-refractivity contribution in [3.63, 3.8) is 0 Å². The van der Waals surface area contributed by atoms with Crippen molar-refractivity contribution in [1.29, 1.82) is 0 Å². The monoisotopic (exact) mass is 248 g/mol. The van der Waals surface area contributed by atoms with Crippen LogP contribution in [0.5, 0.6) is 0 Å².